The zero-order chi connectivity index (χ0) is 28.6. The maximum Gasteiger partial charge on any atom is 0.307 e. The topological polar surface area (TPSA) is 157 Å². The van der Waals surface area contributed by atoms with Crippen LogP contribution in [0.25, 0.3) is 0 Å². The Kier molecular flexibility index (Phi) is 6.95. The second kappa shape index (κ2) is 10.5. The van der Waals surface area contributed by atoms with Crippen LogP contribution in [-0.2, 0) is 11.2 Å². The smallest absolute Gasteiger partial charge is 0.307 e. The van der Waals surface area contributed by atoms with Crippen LogP contribution in [0.3, 0.4) is 0 Å². The average molecular weight is 551 g/mol. The predicted octanol–water partition coefficient (Wildman–Crippen LogP) is 4.91. The maximum absolute atomic E-state index is 14.4. The van der Waals surface area contributed by atoms with Crippen LogP contribution < -0.4 is 25.7 Å². The number of aliphatic carboxylic acids is 1. The molecule has 0 unspecified atom stereocenters. The summed E-state index contributed by atoms with van der Waals surface area (Å²) in [5.74, 6) is -3.78. The van der Waals surface area contributed by atoms with Crippen LogP contribution >= 0.6 is 0 Å². The molecule has 0 bridgehead atoms. The Morgan fingerprint density at radius 2 is 1.40 bits per heavy atom. The van der Waals surface area contributed by atoms with E-state index in [2.05, 4.69) is 0 Å². The van der Waals surface area contributed by atoms with E-state index in [-0.39, 0.29) is 36.8 Å². The molecule has 0 aliphatic carbocycles. The van der Waals surface area contributed by atoms with Crippen molar-refractivity contribution < 1.29 is 43.1 Å². The van der Waals surface area contributed by atoms with Gasteiger partial charge in [-0.25, -0.2) is 8.78 Å². The van der Waals surface area contributed by atoms with E-state index in [1.165, 1.54) is 6.07 Å². The first kappa shape index (κ1) is 26.4. The maximum atomic E-state index is 14.4. The third kappa shape index (κ3) is 5.21. The molecule has 0 saturated carbocycles. The molecule has 0 amide bonds. The van der Waals surface area contributed by atoms with Gasteiger partial charge in [0.25, 0.3) is 0 Å². The van der Waals surface area contributed by atoms with Crippen molar-refractivity contribution in [2.45, 2.75) is 12.3 Å². The number of nitrogens with two attached hydrogens (primary N) is 2. The minimum Gasteiger partial charge on any atom is -0.505 e. The molecular weight excluding hydrogens is 526 g/mol. The van der Waals surface area contributed by atoms with Crippen molar-refractivity contribution in [3.8, 4) is 34.5 Å². The van der Waals surface area contributed by atoms with Gasteiger partial charge in [-0.1, -0.05) is 12.1 Å². The Hall–Kier alpha value is -5.19. The van der Waals surface area contributed by atoms with E-state index in [1.807, 2.05) is 0 Å². The van der Waals surface area contributed by atoms with Crippen LogP contribution in [0.4, 0.5) is 20.2 Å². The number of carboxylic acids is 1. The highest BCUT2D eigenvalue weighted by Crippen LogP contribution is 2.50. The van der Waals surface area contributed by atoms with E-state index < -0.39 is 35.0 Å². The standard InChI is InChI=1S/C29H24F2N2O7/c30-18-10-16-25(12-22(18)34)40-26-13-23(35)19(31)11-17(26)29(16)15-2-3-20(32)27(9-15)39-6-5-38-24-4-1-14(7-21(24)33)8-28(36)37/h1-4,7,9-13,29,34-35H,5-6,8,32-33H2,(H,36,37). The normalized spacial score (nSPS) is 12.2. The molecule has 4 aromatic carbocycles. The van der Waals surface area contributed by atoms with E-state index >= 15 is 0 Å². The first-order valence-electron chi connectivity index (χ1n) is 12.1. The van der Waals surface area contributed by atoms with Crippen LogP contribution in [0.5, 0.6) is 34.5 Å². The molecule has 0 saturated heterocycles. The van der Waals surface area contributed by atoms with Crippen molar-refractivity contribution in [1.29, 1.82) is 0 Å². The van der Waals surface area contributed by atoms with Crippen molar-refractivity contribution >= 4 is 17.3 Å². The van der Waals surface area contributed by atoms with Gasteiger partial charge in [0.15, 0.2) is 23.1 Å². The quantitative estimate of drug-likeness (QED) is 0.134. The summed E-state index contributed by atoms with van der Waals surface area (Å²) in [6.07, 6.45) is -0.160. The molecule has 0 fully saturated rings. The lowest BCUT2D eigenvalue weighted by Crippen LogP contribution is -2.14. The monoisotopic (exact) mass is 550 g/mol. The molecule has 0 spiro atoms. The number of nitrogen functional groups attached to an aromatic ring is 2. The fourth-order valence-electron chi connectivity index (χ4n) is 4.56. The van der Waals surface area contributed by atoms with Gasteiger partial charge in [0.05, 0.1) is 17.8 Å². The molecule has 11 heteroatoms. The van der Waals surface area contributed by atoms with Gasteiger partial charge >= 0.3 is 5.97 Å². The Bertz CT molecular complexity index is 1570. The lowest BCUT2D eigenvalue weighted by Gasteiger charge is -2.29. The fourth-order valence-corrected chi connectivity index (χ4v) is 4.56. The molecule has 4 aromatic rings. The van der Waals surface area contributed by atoms with Gasteiger partial charge in [0, 0.05) is 29.2 Å². The number of carboxylic acid groups (broad SMARTS) is 1. The van der Waals surface area contributed by atoms with Crippen LogP contribution in [0.15, 0.2) is 60.7 Å². The van der Waals surface area contributed by atoms with Gasteiger partial charge < -0.3 is 41.0 Å². The molecule has 0 aromatic heterocycles. The molecule has 1 heterocycles. The van der Waals surface area contributed by atoms with Gasteiger partial charge in [-0.3, -0.25) is 4.79 Å². The van der Waals surface area contributed by atoms with Crippen LogP contribution in [0, 0.1) is 11.6 Å². The highest BCUT2D eigenvalue weighted by atomic mass is 19.1. The number of benzene rings is 4. The highest BCUT2D eigenvalue weighted by Gasteiger charge is 2.32. The summed E-state index contributed by atoms with van der Waals surface area (Å²) in [4.78, 5) is 10.9. The highest BCUT2D eigenvalue weighted by molar-refractivity contribution is 5.71. The predicted molar refractivity (Wildman–Crippen MR) is 141 cm³/mol. The lowest BCUT2D eigenvalue weighted by molar-refractivity contribution is -0.136. The summed E-state index contributed by atoms with van der Waals surface area (Å²) in [6, 6.07) is 14.1. The molecule has 0 atom stereocenters. The number of aromatic hydroxyl groups is 2. The molecule has 5 rings (SSSR count). The Morgan fingerprint density at radius 3 is 1.98 bits per heavy atom. The second-order valence-corrected chi connectivity index (χ2v) is 9.15. The van der Waals surface area contributed by atoms with E-state index in [0.717, 1.165) is 24.3 Å². The fraction of sp³-hybridized carbons (Fsp3) is 0.138. The minimum absolute atomic E-state index is 0.0654. The number of hydrogen-bond donors (Lipinski definition) is 5. The van der Waals surface area contributed by atoms with Gasteiger partial charge in [-0.2, -0.15) is 0 Å². The van der Waals surface area contributed by atoms with Crippen molar-refractivity contribution in [2.24, 2.45) is 0 Å². The largest absolute Gasteiger partial charge is 0.505 e. The number of fused-ring (bicyclic) bond motifs is 2. The zero-order valence-corrected chi connectivity index (χ0v) is 20.9. The minimum atomic E-state index is -0.972. The summed E-state index contributed by atoms with van der Waals surface area (Å²) in [7, 11) is 0. The summed E-state index contributed by atoms with van der Waals surface area (Å²) < 4.78 is 46.0. The molecule has 40 heavy (non-hydrogen) atoms. The second-order valence-electron chi connectivity index (χ2n) is 9.15. The Labute approximate surface area is 226 Å². The first-order chi connectivity index (χ1) is 19.1. The number of ether oxygens (including phenoxy) is 3. The summed E-state index contributed by atoms with van der Waals surface area (Å²) in [5, 5.41) is 28.7. The lowest BCUT2D eigenvalue weighted by atomic mass is 9.82. The third-order valence-corrected chi connectivity index (χ3v) is 6.40. The number of carbonyl (C=O) groups is 1. The van der Waals surface area contributed by atoms with E-state index in [1.54, 1.807) is 30.3 Å². The zero-order valence-electron chi connectivity index (χ0n) is 20.9. The Balaban J connectivity index is 1.38. The average Bonchev–Trinajstić information content (AvgIpc) is 2.89. The van der Waals surface area contributed by atoms with Crippen molar-refractivity contribution in [3.05, 3.63) is 94.6 Å². The van der Waals surface area contributed by atoms with Crippen LogP contribution in [0.2, 0.25) is 0 Å². The van der Waals surface area contributed by atoms with E-state index in [0.29, 0.717) is 39.4 Å². The number of anilines is 2. The number of phenols is 2. The molecule has 9 nitrogen and oxygen atoms in total. The number of hydrogen-bond acceptors (Lipinski definition) is 8. The molecule has 0 radical (unpaired) electrons. The number of phenolic OH excluding ortho intramolecular Hbond substituents is 2. The molecule has 7 N–H and O–H groups in total. The van der Waals surface area contributed by atoms with E-state index in [4.69, 9.17) is 30.8 Å². The van der Waals surface area contributed by atoms with Gasteiger partial charge in [-0.05, 0) is 47.5 Å². The van der Waals surface area contributed by atoms with Crippen LogP contribution in [-0.4, -0.2) is 34.5 Å². The van der Waals surface area contributed by atoms with E-state index in [9.17, 15) is 23.8 Å². The SMILES string of the molecule is Nc1cc(CC(=O)O)ccc1OCCOc1cc(C2c3cc(F)c(O)cc3Oc3cc(O)c(F)cc32)ccc1N. The molecular formula is C29H24F2N2O7. The van der Waals surface area contributed by atoms with Gasteiger partial charge in [0.1, 0.15) is 36.2 Å². The first-order valence-corrected chi connectivity index (χ1v) is 12.1. The Morgan fingerprint density at radius 1 is 0.800 bits per heavy atom. The number of halogens is 2. The summed E-state index contributed by atoms with van der Waals surface area (Å²) in [6.45, 7) is 0.153. The molecule has 1 aliphatic heterocycles. The number of rotatable bonds is 8. The summed E-state index contributed by atoms with van der Waals surface area (Å²) in [5.41, 5.74) is 14.4. The van der Waals surface area contributed by atoms with Gasteiger partial charge in [-0.15, -0.1) is 0 Å². The van der Waals surface area contributed by atoms with Crippen molar-refractivity contribution in [2.75, 3.05) is 24.7 Å². The van der Waals surface area contributed by atoms with Crippen molar-refractivity contribution in [1.82, 2.24) is 0 Å². The third-order valence-electron chi connectivity index (χ3n) is 6.40. The van der Waals surface area contributed by atoms with Crippen molar-refractivity contribution in [3.63, 3.8) is 0 Å². The molecule has 1 aliphatic rings. The van der Waals surface area contributed by atoms with Gasteiger partial charge in [0.2, 0.25) is 0 Å². The molecule has 206 valence electrons. The summed E-state index contributed by atoms with van der Waals surface area (Å²) >= 11 is 0. The van der Waals surface area contributed by atoms with Crippen LogP contribution in [0.1, 0.15) is 28.2 Å².